The fourth-order valence-corrected chi connectivity index (χ4v) is 1.77. The van der Waals surface area contributed by atoms with Crippen molar-refractivity contribution in [3.63, 3.8) is 0 Å². The lowest BCUT2D eigenvalue weighted by atomic mass is 10.4. The minimum Gasteiger partial charge on any atom is -0.357 e. The lowest BCUT2D eigenvalue weighted by Crippen LogP contribution is -1.96. The van der Waals surface area contributed by atoms with Gasteiger partial charge in [-0.3, -0.25) is 4.98 Å². The molecular weight excluding hydrogens is 208 g/mol. The van der Waals surface area contributed by atoms with Gasteiger partial charge in [0.1, 0.15) is 5.69 Å². The predicted octanol–water partition coefficient (Wildman–Crippen LogP) is 2.20. The van der Waals surface area contributed by atoms with E-state index in [0.717, 1.165) is 15.8 Å². The summed E-state index contributed by atoms with van der Waals surface area (Å²) in [4.78, 5) is 4.20. The molecule has 0 bridgehead atoms. The molecule has 2 aromatic rings. The number of rotatable bonds is 4. The largest absolute Gasteiger partial charge is 0.357 e. The number of anilines is 1. The van der Waals surface area contributed by atoms with Crippen LogP contribution in [0.1, 0.15) is 0 Å². The maximum atomic E-state index is 4.20. The molecule has 0 saturated heterocycles. The highest BCUT2D eigenvalue weighted by atomic mass is 32.1. The Morgan fingerprint density at radius 1 is 1.40 bits per heavy atom. The fraction of sp³-hybridized carbons (Fsp3) is 0.100. The molecule has 0 radical (unpaired) electrons. The average molecular weight is 218 g/mol. The van der Waals surface area contributed by atoms with Crippen LogP contribution < -0.4 is 5.32 Å². The van der Waals surface area contributed by atoms with Gasteiger partial charge in [-0.2, -0.15) is 0 Å². The lowest BCUT2D eigenvalue weighted by Gasteiger charge is -1.93. The van der Waals surface area contributed by atoms with Crippen LogP contribution in [0, 0.1) is 0 Å². The predicted molar refractivity (Wildman–Crippen MR) is 61.8 cm³/mol. The summed E-state index contributed by atoms with van der Waals surface area (Å²) in [6, 6.07) is 5.72. The quantitative estimate of drug-likeness (QED) is 0.799. The minimum absolute atomic E-state index is 0.691. The molecule has 0 unspecified atom stereocenters. The third-order valence-corrected chi connectivity index (χ3v) is 2.61. The molecule has 2 heterocycles. The van der Waals surface area contributed by atoms with E-state index < -0.39 is 0 Å². The average Bonchev–Trinajstić information content (AvgIpc) is 2.76. The topological polar surface area (TPSA) is 50.7 Å². The van der Waals surface area contributed by atoms with E-state index in [1.807, 2.05) is 18.2 Å². The van der Waals surface area contributed by atoms with Gasteiger partial charge in [-0.15, -0.1) is 16.8 Å². The van der Waals surface area contributed by atoms with Crippen LogP contribution in [0.4, 0.5) is 5.13 Å². The van der Waals surface area contributed by atoms with Crippen LogP contribution in [0.2, 0.25) is 0 Å². The summed E-state index contributed by atoms with van der Waals surface area (Å²) in [7, 11) is 0. The Hall–Kier alpha value is -1.75. The molecule has 1 N–H and O–H groups in total. The summed E-state index contributed by atoms with van der Waals surface area (Å²) >= 11 is 1.48. The number of hydrogen-bond acceptors (Lipinski definition) is 5. The van der Waals surface area contributed by atoms with Crippen molar-refractivity contribution < 1.29 is 0 Å². The third-order valence-electron chi connectivity index (χ3n) is 1.71. The Morgan fingerprint density at radius 2 is 2.33 bits per heavy atom. The van der Waals surface area contributed by atoms with Crippen molar-refractivity contribution >= 4 is 16.5 Å². The molecule has 15 heavy (non-hydrogen) atoms. The molecule has 4 nitrogen and oxygen atoms in total. The summed E-state index contributed by atoms with van der Waals surface area (Å²) in [6.07, 6.45) is 3.52. The molecule has 0 amide bonds. The Morgan fingerprint density at radius 3 is 3.07 bits per heavy atom. The summed E-state index contributed by atoms with van der Waals surface area (Å²) in [5.41, 5.74) is 0.849. The minimum atomic E-state index is 0.691. The molecule has 0 aliphatic rings. The second kappa shape index (κ2) is 4.65. The van der Waals surface area contributed by atoms with E-state index in [1.54, 1.807) is 12.3 Å². The van der Waals surface area contributed by atoms with Crippen molar-refractivity contribution in [2.24, 2.45) is 0 Å². The Bertz CT molecular complexity index is 438. The van der Waals surface area contributed by atoms with Crippen molar-refractivity contribution in [1.29, 1.82) is 0 Å². The van der Waals surface area contributed by atoms with E-state index in [1.165, 1.54) is 11.3 Å². The Kier molecular flexibility index (Phi) is 3.04. The van der Waals surface area contributed by atoms with Gasteiger partial charge in [0.15, 0.2) is 5.01 Å². The lowest BCUT2D eigenvalue weighted by molar-refractivity contribution is 1.08. The molecular formula is C10H10N4S. The van der Waals surface area contributed by atoms with Crippen molar-refractivity contribution in [2.45, 2.75) is 0 Å². The molecule has 0 fully saturated rings. The Balaban J connectivity index is 2.17. The highest BCUT2D eigenvalue weighted by molar-refractivity contribution is 7.18. The Labute approximate surface area is 91.7 Å². The summed E-state index contributed by atoms with van der Waals surface area (Å²) in [5.74, 6) is 0. The normalized spacial score (nSPS) is 9.87. The molecule has 2 rings (SSSR count). The van der Waals surface area contributed by atoms with Gasteiger partial charge in [-0.1, -0.05) is 23.5 Å². The monoisotopic (exact) mass is 218 g/mol. The van der Waals surface area contributed by atoms with Gasteiger partial charge in [0.2, 0.25) is 5.13 Å². The second-order valence-corrected chi connectivity index (χ2v) is 3.77. The second-order valence-electron chi connectivity index (χ2n) is 2.80. The standard InChI is InChI=1S/C10H10N4S/c1-2-6-12-10-14-13-9(15-10)8-5-3-4-7-11-8/h2-5,7H,1,6H2,(H,12,14). The van der Waals surface area contributed by atoms with Crippen molar-refractivity contribution in [3.8, 4) is 10.7 Å². The van der Waals surface area contributed by atoms with Gasteiger partial charge in [-0.05, 0) is 12.1 Å². The van der Waals surface area contributed by atoms with E-state index in [-0.39, 0.29) is 0 Å². The first-order valence-corrected chi connectivity index (χ1v) is 5.31. The number of hydrogen-bond donors (Lipinski definition) is 1. The molecule has 0 spiro atoms. The van der Waals surface area contributed by atoms with Crippen molar-refractivity contribution in [3.05, 3.63) is 37.1 Å². The molecule has 2 aromatic heterocycles. The van der Waals surface area contributed by atoms with Gasteiger partial charge in [0.05, 0.1) is 0 Å². The zero-order valence-corrected chi connectivity index (χ0v) is 8.87. The fourth-order valence-electron chi connectivity index (χ4n) is 1.05. The first kappa shape index (κ1) is 9.79. The third kappa shape index (κ3) is 2.38. The SMILES string of the molecule is C=CCNc1nnc(-c2ccccn2)s1. The van der Waals surface area contributed by atoms with Gasteiger partial charge in [0, 0.05) is 12.7 Å². The van der Waals surface area contributed by atoms with Crippen LogP contribution in [0.5, 0.6) is 0 Å². The molecule has 0 saturated carbocycles. The van der Waals surface area contributed by atoms with Crippen LogP contribution in [-0.2, 0) is 0 Å². The maximum absolute atomic E-state index is 4.20. The number of aromatic nitrogens is 3. The van der Waals surface area contributed by atoms with Crippen molar-refractivity contribution in [2.75, 3.05) is 11.9 Å². The van der Waals surface area contributed by atoms with Gasteiger partial charge in [-0.25, -0.2) is 0 Å². The van der Waals surface area contributed by atoms with Gasteiger partial charge in [0.25, 0.3) is 0 Å². The molecule has 0 aliphatic heterocycles. The zero-order chi connectivity index (χ0) is 10.5. The van der Waals surface area contributed by atoms with Gasteiger partial charge >= 0.3 is 0 Å². The van der Waals surface area contributed by atoms with Crippen molar-refractivity contribution in [1.82, 2.24) is 15.2 Å². The van der Waals surface area contributed by atoms with E-state index in [4.69, 9.17) is 0 Å². The molecule has 0 atom stereocenters. The van der Waals surface area contributed by atoms with Crippen LogP contribution in [0.15, 0.2) is 37.1 Å². The van der Waals surface area contributed by atoms with Gasteiger partial charge < -0.3 is 5.32 Å². The van der Waals surface area contributed by atoms with E-state index in [2.05, 4.69) is 27.1 Å². The van der Waals surface area contributed by atoms with E-state index in [0.29, 0.717) is 6.54 Å². The zero-order valence-electron chi connectivity index (χ0n) is 8.05. The van der Waals surface area contributed by atoms with Crippen LogP contribution in [0.25, 0.3) is 10.7 Å². The smallest absolute Gasteiger partial charge is 0.206 e. The molecule has 5 heteroatoms. The maximum Gasteiger partial charge on any atom is 0.206 e. The highest BCUT2D eigenvalue weighted by Crippen LogP contribution is 2.23. The summed E-state index contributed by atoms with van der Waals surface area (Å²) in [6.45, 7) is 4.31. The first-order chi connectivity index (χ1) is 7.40. The number of nitrogens with zero attached hydrogens (tertiary/aromatic N) is 3. The molecule has 76 valence electrons. The van der Waals surface area contributed by atoms with E-state index >= 15 is 0 Å². The van der Waals surface area contributed by atoms with Crippen LogP contribution in [-0.4, -0.2) is 21.7 Å². The first-order valence-electron chi connectivity index (χ1n) is 4.50. The number of pyridine rings is 1. The summed E-state index contributed by atoms with van der Waals surface area (Å²) < 4.78 is 0. The molecule has 0 aromatic carbocycles. The number of nitrogens with one attached hydrogen (secondary N) is 1. The van der Waals surface area contributed by atoms with E-state index in [9.17, 15) is 0 Å². The molecule has 0 aliphatic carbocycles. The highest BCUT2D eigenvalue weighted by Gasteiger charge is 2.05. The van der Waals surface area contributed by atoms with Crippen LogP contribution in [0.3, 0.4) is 0 Å². The van der Waals surface area contributed by atoms with Crippen LogP contribution >= 0.6 is 11.3 Å². The summed E-state index contributed by atoms with van der Waals surface area (Å²) in [5, 5.41) is 12.7.